The second-order valence-electron chi connectivity index (χ2n) is 13.8. The van der Waals surface area contributed by atoms with E-state index in [4.69, 9.17) is 4.74 Å². The summed E-state index contributed by atoms with van der Waals surface area (Å²) < 4.78 is 4.98. The fourth-order valence-electron chi connectivity index (χ4n) is 6.77. The zero-order valence-corrected chi connectivity index (χ0v) is 26.8. The summed E-state index contributed by atoms with van der Waals surface area (Å²) in [5.74, 6) is -0.406. The van der Waals surface area contributed by atoms with Crippen LogP contribution in [-0.4, -0.2) is 121 Å². The molecule has 5 atom stereocenters. The van der Waals surface area contributed by atoms with E-state index in [1.807, 2.05) is 34.9 Å². The van der Waals surface area contributed by atoms with Crippen molar-refractivity contribution in [1.29, 1.82) is 0 Å². The molecule has 3 amide bonds. The van der Waals surface area contributed by atoms with E-state index in [0.29, 0.717) is 19.5 Å². The van der Waals surface area contributed by atoms with Gasteiger partial charge in [-0.1, -0.05) is 47.5 Å². The molecule has 10 nitrogen and oxygen atoms in total. The lowest BCUT2D eigenvalue weighted by Crippen LogP contribution is -2.62. The summed E-state index contributed by atoms with van der Waals surface area (Å²) in [6, 6.07) is -1.86. The number of methoxy groups -OCH3 is 1. The molecule has 0 aromatic carbocycles. The van der Waals surface area contributed by atoms with Gasteiger partial charge in [-0.3, -0.25) is 24.2 Å². The normalized spacial score (nSPS) is 26.0. The minimum absolute atomic E-state index is 0.00878. The Morgan fingerprint density at radius 3 is 2.10 bits per heavy atom. The van der Waals surface area contributed by atoms with Crippen LogP contribution in [0.4, 0.5) is 0 Å². The average molecular weight is 578 g/mol. The van der Waals surface area contributed by atoms with Gasteiger partial charge in [0, 0.05) is 26.2 Å². The number of carbonyl (C=O) groups excluding carboxylic acids is 4. The summed E-state index contributed by atoms with van der Waals surface area (Å²) in [6.07, 6.45) is 7.01. The average Bonchev–Trinajstić information content (AvgIpc) is 3.42. The number of ether oxygens (including phenoxy) is 1. The number of hydrogen-bond acceptors (Lipinski definition) is 7. The van der Waals surface area contributed by atoms with Gasteiger partial charge in [0.05, 0.1) is 19.2 Å². The van der Waals surface area contributed by atoms with Crippen LogP contribution in [-0.2, 0) is 23.9 Å². The molecule has 0 bridgehead atoms. The van der Waals surface area contributed by atoms with Crippen molar-refractivity contribution in [3.63, 3.8) is 0 Å². The first-order chi connectivity index (χ1) is 19.3. The van der Waals surface area contributed by atoms with Crippen molar-refractivity contribution >= 4 is 23.7 Å². The summed E-state index contributed by atoms with van der Waals surface area (Å²) >= 11 is 0. The van der Waals surface area contributed by atoms with E-state index in [1.54, 1.807) is 9.80 Å². The number of hydrogen-bond donors (Lipinski definition) is 1. The van der Waals surface area contributed by atoms with E-state index < -0.39 is 17.5 Å². The zero-order valence-electron chi connectivity index (χ0n) is 26.8. The Bertz CT molecular complexity index is 934. The molecule has 0 aromatic heterocycles. The highest BCUT2D eigenvalue weighted by molar-refractivity contribution is 5.90. The van der Waals surface area contributed by atoms with Gasteiger partial charge >= 0.3 is 5.97 Å². The van der Waals surface area contributed by atoms with Crippen molar-refractivity contribution in [2.45, 2.75) is 116 Å². The van der Waals surface area contributed by atoms with Gasteiger partial charge in [-0.2, -0.15) is 0 Å². The maximum Gasteiger partial charge on any atom is 0.328 e. The smallest absolute Gasteiger partial charge is 0.328 e. The van der Waals surface area contributed by atoms with E-state index in [-0.39, 0.29) is 47.7 Å². The largest absolute Gasteiger partial charge is 0.467 e. The second kappa shape index (κ2) is 14.3. The minimum atomic E-state index is -0.666. The van der Waals surface area contributed by atoms with E-state index in [2.05, 4.69) is 29.0 Å². The van der Waals surface area contributed by atoms with E-state index in [1.165, 1.54) is 7.11 Å². The van der Waals surface area contributed by atoms with Gasteiger partial charge in [-0.25, -0.2) is 4.79 Å². The van der Waals surface area contributed by atoms with Crippen LogP contribution in [0, 0.1) is 11.3 Å². The lowest BCUT2D eigenvalue weighted by molar-refractivity contribution is -0.153. The van der Waals surface area contributed by atoms with Gasteiger partial charge in [0.2, 0.25) is 17.7 Å². The predicted molar refractivity (Wildman–Crippen MR) is 159 cm³/mol. The highest BCUT2D eigenvalue weighted by Crippen LogP contribution is 2.28. The molecule has 0 spiro atoms. The Kier molecular flexibility index (Phi) is 11.6. The molecule has 3 unspecified atom stereocenters. The third-order valence-electron chi connectivity index (χ3n) is 9.42. The lowest BCUT2D eigenvalue weighted by atomic mass is 9.84. The number of piperidine rings is 2. The van der Waals surface area contributed by atoms with E-state index in [9.17, 15) is 19.2 Å². The molecule has 0 radical (unpaired) electrons. The monoisotopic (exact) mass is 577 g/mol. The van der Waals surface area contributed by atoms with Crippen LogP contribution in [0.1, 0.15) is 86.0 Å². The Balaban J connectivity index is 1.77. The van der Waals surface area contributed by atoms with Crippen LogP contribution in [0.15, 0.2) is 0 Å². The number of rotatable bonds is 9. The molecule has 3 heterocycles. The van der Waals surface area contributed by atoms with Gasteiger partial charge in [-0.15, -0.1) is 0 Å². The molecule has 3 aliphatic heterocycles. The van der Waals surface area contributed by atoms with Gasteiger partial charge in [0.15, 0.2) is 0 Å². The van der Waals surface area contributed by atoms with Crippen molar-refractivity contribution in [1.82, 2.24) is 24.9 Å². The Morgan fingerprint density at radius 2 is 1.51 bits per heavy atom. The van der Waals surface area contributed by atoms with Crippen LogP contribution in [0.5, 0.6) is 0 Å². The van der Waals surface area contributed by atoms with Crippen molar-refractivity contribution in [2.75, 3.05) is 47.4 Å². The van der Waals surface area contributed by atoms with Gasteiger partial charge in [0.1, 0.15) is 12.1 Å². The molecular formula is C31H55N5O5. The molecular weight excluding hydrogens is 522 g/mol. The molecule has 10 heteroatoms. The minimum Gasteiger partial charge on any atom is -0.467 e. The number of esters is 1. The third kappa shape index (κ3) is 8.00. The van der Waals surface area contributed by atoms with Crippen LogP contribution in [0.3, 0.4) is 0 Å². The van der Waals surface area contributed by atoms with E-state index in [0.717, 1.165) is 58.0 Å². The highest BCUT2D eigenvalue weighted by atomic mass is 16.5. The summed E-state index contributed by atoms with van der Waals surface area (Å²) in [4.78, 5) is 61.4. The number of nitrogens with one attached hydrogen (secondary N) is 1. The Labute approximate surface area is 247 Å². The Hall–Kier alpha value is -2.20. The topological polar surface area (TPSA) is 102 Å². The molecule has 0 saturated carbocycles. The highest BCUT2D eigenvalue weighted by Gasteiger charge is 2.43. The number of nitrogens with zero attached hydrogens (tertiary/aromatic N) is 4. The van der Waals surface area contributed by atoms with Crippen LogP contribution in [0.25, 0.3) is 0 Å². The van der Waals surface area contributed by atoms with Crippen molar-refractivity contribution in [3.05, 3.63) is 0 Å². The SMILES string of the molecule is COC(=O)[C@@H]1CCCN1C(=O)C1CCCCN1C[C@H](C(C)C)N(C)C(=O)C(NC(=O)C1CCCCN1C)C(C)(C)C. The first-order valence-electron chi connectivity index (χ1n) is 15.7. The summed E-state index contributed by atoms with van der Waals surface area (Å²) in [5.41, 5.74) is -0.474. The van der Waals surface area contributed by atoms with Crippen molar-refractivity contribution < 1.29 is 23.9 Å². The molecule has 3 rings (SSSR count). The number of amides is 3. The number of carbonyl (C=O) groups is 4. The molecule has 3 saturated heterocycles. The van der Waals surface area contributed by atoms with Gasteiger partial charge in [0.25, 0.3) is 0 Å². The van der Waals surface area contributed by atoms with Crippen LogP contribution < -0.4 is 5.32 Å². The third-order valence-corrected chi connectivity index (χ3v) is 9.42. The quantitative estimate of drug-likeness (QED) is 0.420. The van der Waals surface area contributed by atoms with Crippen LogP contribution >= 0.6 is 0 Å². The summed E-state index contributed by atoms with van der Waals surface area (Å²) in [7, 11) is 5.18. The maximum absolute atomic E-state index is 14.1. The molecule has 41 heavy (non-hydrogen) atoms. The first-order valence-corrected chi connectivity index (χ1v) is 15.7. The standard InChI is InChI=1S/C31H55N5O5/c1-21(2)25(20-35-18-12-10-15-23(35)28(38)36-19-13-16-24(36)30(40)41-8)34(7)29(39)26(31(3,4)5)32-27(37)22-14-9-11-17-33(22)6/h21-26H,9-20H2,1-8H3,(H,32,37)/t22?,23?,24-,25+,26?/m0/s1. The van der Waals surface area contributed by atoms with Crippen molar-refractivity contribution in [3.8, 4) is 0 Å². The fraction of sp³-hybridized carbons (Fsp3) is 0.871. The zero-order chi connectivity index (χ0) is 30.5. The molecule has 234 valence electrons. The van der Waals surface area contributed by atoms with E-state index >= 15 is 0 Å². The number of likely N-dealkylation sites (tertiary alicyclic amines) is 3. The molecule has 3 aliphatic rings. The van der Waals surface area contributed by atoms with Gasteiger partial charge < -0.3 is 19.9 Å². The predicted octanol–water partition coefficient (Wildman–Crippen LogP) is 2.50. The Morgan fingerprint density at radius 1 is 0.902 bits per heavy atom. The summed E-state index contributed by atoms with van der Waals surface area (Å²) in [5, 5.41) is 3.13. The molecule has 1 N–H and O–H groups in total. The fourth-order valence-corrected chi connectivity index (χ4v) is 6.77. The van der Waals surface area contributed by atoms with Crippen LogP contribution in [0.2, 0.25) is 0 Å². The first kappa shape index (κ1) is 33.3. The summed E-state index contributed by atoms with van der Waals surface area (Å²) in [6.45, 7) is 13.0. The second-order valence-corrected chi connectivity index (χ2v) is 13.8. The lowest BCUT2D eigenvalue weighted by Gasteiger charge is -2.44. The molecule has 3 fully saturated rings. The number of likely N-dealkylation sites (N-methyl/N-ethyl adjacent to an activating group) is 2. The molecule has 0 aromatic rings. The van der Waals surface area contributed by atoms with Crippen molar-refractivity contribution in [2.24, 2.45) is 11.3 Å². The maximum atomic E-state index is 14.1. The molecule has 0 aliphatic carbocycles. The van der Waals surface area contributed by atoms with Gasteiger partial charge in [-0.05, 0) is 70.0 Å².